The van der Waals surface area contributed by atoms with Crippen LogP contribution in [0.3, 0.4) is 0 Å². The molecule has 4 nitrogen and oxygen atoms in total. The van der Waals surface area contributed by atoms with Crippen LogP contribution < -0.4 is 10.6 Å². The molecule has 0 amide bonds. The largest absolute Gasteiger partial charge is 0.370 e. The number of benzene rings is 2. The van der Waals surface area contributed by atoms with Gasteiger partial charge in [0.15, 0.2) is 0 Å². The minimum absolute atomic E-state index is 0.313. The van der Waals surface area contributed by atoms with Gasteiger partial charge in [0.25, 0.3) is 0 Å². The first-order valence-corrected chi connectivity index (χ1v) is 7.86. The summed E-state index contributed by atoms with van der Waals surface area (Å²) in [5.41, 5.74) is 1.66. The molecule has 0 fully saturated rings. The molecule has 0 saturated heterocycles. The highest BCUT2D eigenvalue weighted by atomic mass is 19.1. The average Bonchev–Trinajstić information content (AvgIpc) is 2.57. The number of para-hydroxylation sites is 1. The van der Waals surface area contributed by atoms with Gasteiger partial charge in [0.05, 0.1) is 5.69 Å². The first-order chi connectivity index (χ1) is 11.7. The van der Waals surface area contributed by atoms with Gasteiger partial charge >= 0.3 is 0 Å². The van der Waals surface area contributed by atoms with Crippen molar-refractivity contribution in [3.8, 4) is 0 Å². The van der Waals surface area contributed by atoms with E-state index in [4.69, 9.17) is 0 Å². The zero-order valence-electron chi connectivity index (χ0n) is 13.5. The van der Waals surface area contributed by atoms with Crippen LogP contribution in [0.25, 0.3) is 0 Å². The Morgan fingerprint density at radius 2 is 1.62 bits per heavy atom. The Morgan fingerprint density at radius 1 is 0.917 bits per heavy atom. The fourth-order valence-corrected chi connectivity index (χ4v) is 2.40. The van der Waals surface area contributed by atoms with E-state index in [9.17, 15) is 4.39 Å². The highest BCUT2D eigenvalue weighted by molar-refractivity contribution is 5.59. The van der Waals surface area contributed by atoms with Gasteiger partial charge in [0, 0.05) is 12.6 Å². The van der Waals surface area contributed by atoms with Crippen LogP contribution in [-0.2, 0) is 6.42 Å². The molecule has 5 heteroatoms. The molecule has 0 aliphatic carbocycles. The standard InChI is InChI=1S/C19H19FN4/c1-14-22-18(21-12-11-15-7-3-2-4-8-15)13-19(23-14)24-17-10-6-5-9-16(17)20/h2-10,13H,11-12H2,1H3,(H2,21,22,23,24). The van der Waals surface area contributed by atoms with E-state index in [0.29, 0.717) is 17.3 Å². The Morgan fingerprint density at radius 3 is 2.42 bits per heavy atom. The highest BCUT2D eigenvalue weighted by Gasteiger charge is 2.05. The molecule has 2 aromatic carbocycles. The van der Waals surface area contributed by atoms with Crippen LogP contribution in [0.4, 0.5) is 21.7 Å². The Kier molecular flexibility index (Phi) is 5.01. The molecule has 1 aromatic heterocycles. The van der Waals surface area contributed by atoms with Crippen molar-refractivity contribution in [1.29, 1.82) is 0 Å². The molecule has 2 N–H and O–H groups in total. The maximum Gasteiger partial charge on any atom is 0.146 e. The zero-order chi connectivity index (χ0) is 16.8. The molecule has 0 radical (unpaired) electrons. The number of nitrogens with zero attached hydrogens (tertiary/aromatic N) is 2. The second kappa shape index (κ2) is 7.55. The predicted molar refractivity (Wildman–Crippen MR) is 95.1 cm³/mol. The molecule has 0 aliphatic heterocycles. The molecule has 24 heavy (non-hydrogen) atoms. The number of hydrogen-bond acceptors (Lipinski definition) is 4. The fraction of sp³-hybridized carbons (Fsp3) is 0.158. The van der Waals surface area contributed by atoms with E-state index in [0.717, 1.165) is 18.8 Å². The summed E-state index contributed by atoms with van der Waals surface area (Å²) in [6.07, 6.45) is 0.903. The van der Waals surface area contributed by atoms with Crippen LogP contribution in [0, 0.1) is 12.7 Å². The molecular formula is C19H19FN4. The van der Waals surface area contributed by atoms with Crippen molar-refractivity contribution >= 4 is 17.3 Å². The van der Waals surface area contributed by atoms with Crippen molar-refractivity contribution in [2.24, 2.45) is 0 Å². The van der Waals surface area contributed by atoms with Gasteiger partial charge in [0.2, 0.25) is 0 Å². The average molecular weight is 322 g/mol. The van der Waals surface area contributed by atoms with Crippen LogP contribution in [0.5, 0.6) is 0 Å². The number of aromatic nitrogens is 2. The SMILES string of the molecule is Cc1nc(NCCc2ccccc2)cc(Nc2ccccc2F)n1. The van der Waals surface area contributed by atoms with Crippen molar-refractivity contribution in [3.05, 3.63) is 77.9 Å². The quantitative estimate of drug-likeness (QED) is 0.709. The topological polar surface area (TPSA) is 49.8 Å². The van der Waals surface area contributed by atoms with Gasteiger partial charge in [-0.15, -0.1) is 0 Å². The molecule has 122 valence electrons. The van der Waals surface area contributed by atoms with Gasteiger partial charge in [-0.2, -0.15) is 0 Å². The number of hydrogen-bond donors (Lipinski definition) is 2. The Bertz CT molecular complexity index is 805. The van der Waals surface area contributed by atoms with Crippen LogP contribution in [0.2, 0.25) is 0 Å². The minimum atomic E-state index is -0.313. The normalized spacial score (nSPS) is 10.4. The van der Waals surface area contributed by atoms with E-state index in [2.05, 4.69) is 32.7 Å². The Balaban J connectivity index is 1.66. The summed E-state index contributed by atoms with van der Waals surface area (Å²) in [6.45, 7) is 2.58. The van der Waals surface area contributed by atoms with Crippen molar-refractivity contribution in [2.45, 2.75) is 13.3 Å². The van der Waals surface area contributed by atoms with E-state index < -0.39 is 0 Å². The lowest BCUT2D eigenvalue weighted by Crippen LogP contribution is -2.08. The number of aryl methyl sites for hydroxylation is 1. The summed E-state index contributed by atoms with van der Waals surface area (Å²) in [5.74, 6) is 1.60. The molecule has 0 saturated carbocycles. The van der Waals surface area contributed by atoms with Crippen LogP contribution in [-0.4, -0.2) is 16.5 Å². The smallest absolute Gasteiger partial charge is 0.146 e. The molecule has 0 spiro atoms. The molecule has 0 atom stereocenters. The van der Waals surface area contributed by atoms with Gasteiger partial charge in [-0.05, 0) is 31.0 Å². The lowest BCUT2D eigenvalue weighted by Gasteiger charge is -2.11. The first kappa shape index (κ1) is 15.9. The Hall–Kier alpha value is -2.95. The third-order valence-corrected chi connectivity index (χ3v) is 3.54. The van der Waals surface area contributed by atoms with Gasteiger partial charge < -0.3 is 10.6 Å². The van der Waals surface area contributed by atoms with E-state index in [1.54, 1.807) is 24.3 Å². The van der Waals surface area contributed by atoms with E-state index in [1.807, 2.05) is 25.1 Å². The van der Waals surface area contributed by atoms with Crippen molar-refractivity contribution in [1.82, 2.24) is 9.97 Å². The maximum absolute atomic E-state index is 13.7. The summed E-state index contributed by atoms with van der Waals surface area (Å²) in [7, 11) is 0. The van der Waals surface area contributed by atoms with Crippen molar-refractivity contribution in [2.75, 3.05) is 17.2 Å². The Labute approximate surface area is 140 Å². The number of halogens is 1. The molecule has 0 aliphatic rings. The van der Waals surface area contributed by atoms with E-state index >= 15 is 0 Å². The summed E-state index contributed by atoms with van der Waals surface area (Å²) in [4.78, 5) is 8.68. The third kappa shape index (κ3) is 4.29. The van der Waals surface area contributed by atoms with Gasteiger partial charge in [0.1, 0.15) is 23.3 Å². The monoisotopic (exact) mass is 322 g/mol. The molecule has 3 rings (SSSR count). The summed E-state index contributed by atoms with van der Waals surface area (Å²) < 4.78 is 13.7. The van der Waals surface area contributed by atoms with Crippen LogP contribution in [0.1, 0.15) is 11.4 Å². The molecule has 1 heterocycles. The van der Waals surface area contributed by atoms with Crippen molar-refractivity contribution in [3.63, 3.8) is 0 Å². The van der Waals surface area contributed by atoms with Gasteiger partial charge in [-0.25, -0.2) is 14.4 Å². The second-order valence-corrected chi connectivity index (χ2v) is 5.45. The second-order valence-electron chi connectivity index (χ2n) is 5.45. The lowest BCUT2D eigenvalue weighted by molar-refractivity contribution is 0.632. The van der Waals surface area contributed by atoms with Gasteiger partial charge in [-0.1, -0.05) is 42.5 Å². The number of nitrogens with one attached hydrogen (secondary N) is 2. The first-order valence-electron chi connectivity index (χ1n) is 7.86. The number of rotatable bonds is 6. The molecular weight excluding hydrogens is 303 g/mol. The summed E-state index contributed by atoms with van der Waals surface area (Å²) >= 11 is 0. The number of anilines is 3. The van der Waals surface area contributed by atoms with Crippen LogP contribution in [0.15, 0.2) is 60.7 Å². The van der Waals surface area contributed by atoms with Crippen LogP contribution >= 0.6 is 0 Å². The summed E-state index contributed by atoms with van der Waals surface area (Å²) in [5, 5.41) is 6.29. The lowest BCUT2D eigenvalue weighted by atomic mass is 10.1. The molecule has 0 unspecified atom stereocenters. The molecule has 0 bridgehead atoms. The third-order valence-electron chi connectivity index (χ3n) is 3.54. The molecule has 3 aromatic rings. The van der Waals surface area contributed by atoms with Gasteiger partial charge in [-0.3, -0.25) is 0 Å². The van der Waals surface area contributed by atoms with E-state index in [-0.39, 0.29) is 5.82 Å². The fourth-order valence-electron chi connectivity index (χ4n) is 2.40. The highest BCUT2D eigenvalue weighted by Crippen LogP contribution is 2.20. The maximum atomic E-state index is 13.7. The summed E-state index contributed by atoms with van der Waals surface area (Å²) in [6, 6.07) is 18.6. The zero-order valence-corrected chi connectivity index (χ0v) is 13.5. The minimum Gasteiger partial charge on any atom is -0.370 e. The van der Waals surface area contributed by atoms with E-state index in [1.165, 1.54) is 11.6 Å². The van der Waals surface area contributed by atoms with Crippen molar-refractivity contribution < 1.29 is 4.39 Å². The predicted octanol–water partition coefficient (Wildman–Crippen LogP) is 4.32.